The number of nitrogens with one attached hydrogen (secondary N) is 1. The molecule has 0 aliphatic rings. The molecule has 5 nitrogen and oxygen atoms in total. The summed E-state index contributed by atoms with van der Waals surface area (Å²) in [6, 6.07) is 7.36. The molecule has 98 valence electrons. The molecular weight excluding hydrogens is 262 g/mol. The zero-order valence-corrected chi connectivity index (χ0v) is 11.4. The fourth-order valence-electron chi connectivity index (χ4n) is 1.75. The number of benzene rings is 1. The number of rotatable bonds is 5. The highest BCUT2D eigenvalue weighted by atomic mass is 35.5. The Kier molecular flexibility index (Phi) is 4.50. The Morgan fingerprint density at radius 3 is 2.95 bits per heavy atom. The van der Waals surface area contributed by atoms with Gasteiger partial charge in [-0.25, -0.2) is 0 Å². The first-order chi connectivity index (χ1) is 9.24. The van der Waals surface area contributed by atoms with Crippen molar-refractivity contribution in [2.75, 3.05) is 0 Å². The molecule has 0 fully saturated rings. The molecule has 19 heavy (non-hydrogen) atoms. The molecule has 0 atom stereocenters. The van der Waals surface area contributed by atoms with Crippen molar-refractivity contribution in [1.29, 1.82) is 5.26 Å². The van der Waals surface area contributed by atoms with Crippen molar-refractivity contribution in [1.82, 2.24) is 20.1 Å². The van der Waals surface area contributed by atoms with Crippen molar-refractivity contribution in [2.24, 2.45) is 0 Å². The highest BCUT2D eigenvalue weighted by Gasteiger charge is 2.04. The third-order valence-electron chi connectivity index (χ3n) is 2.82. The van der Waals surface area contributed by atoms with Gasteiger partial charge in [0, 0.05) is 18.1 Å². The van der Waals surface area contributed by atoms with Gasteiger partial charge >= 0.3 is 0 Å². The normalized spacial score (nSPS) is 10.4. The zero-order chi connectivity index (χ0) is 13.7. The van der Waals surface area contributed by atoms with E-state index in [1.165, 1.54) is 0 Å². The summed E-state index contributed by atoms with van der Waals surface area (Å²) in [5.74, 6) is 0.896. The molecule has 2 aromatic rings. The van der Waals surface area contributed by atoms with Crippen molar-refractivity contribution >= 4 is 11.6 Å². The predicted molar refractivity (Wildman–Crippen MR) is 72.4 cm³/mol. The fraction of sp³-hybridized carbons (Fsp3) is 0.308. The molecule has 0 spiro atoms. The minimum atomic E-state index is 0.569. The lowest BCUT2D eigenvalue weighted by Crippen LogP contribution is -2.16. The van der Waals surface area contributed by atoms with E-state index in [-0.39, 0.29) is 0 Å². The van der Waals surface area contributed by atoms with Crippen LogP contribution >= 0.6 is 11.6 Å². The van der Waals surface area contributed by atoms with Crippen LogP contribution in [0.2, 0.25) is 5.02 Å². The second-order valence-corrected chi connectivity index (χ2v) is 4.46. The topological polar surface area (TPSA) is 66.5 Å². The molecule has 0 saturated heterocycles. The molecule has 0 saturated carbocycles. The van der Waals surface area contributed by atoms with Crippen LogP contribution in [-0.4, -0.2) is 14.8 Å². The number of hydrogen-bond acceptors (Lipinski definition) is 4. The van der Waals surface area contributed by atoms with Crippen LogP contribution in [0.15, 0.2) is 24.5 Å². The molecule has 1 N–H and O–H groups in total. The number of hydrogen-bond donors (Lipinski definition) is 1. The van der Waals surface area contributed by atoms with Gasteiger partial charge in [0.05, 0.1) is 18.2 Å². The zero-order valence-electron chi connectivity index (χ0n) is 10.6. The van der Waals surface area contributed by atoms with Crippen LogP contribution in [0.4, 0.5) is 0 Å². The van der Waals surface area contributed by atoms with E-state index in [0.717, 1.165) is 17.9 Å². The van der Waals surface area contributed by atoms with Crippen molar-refractivity contribution in [2.45, 2.75) is 26.6 Å². The van der Waals surface area contributed by atoms with Gasteiger partial charge in [-0.05, 0) is 24.6 Å². The second-order valence-electron chi connectivity index (χ2n) is 4.05. The first-order valence-electron chi connectivity index (χ1n) is 6.00. The van der Waals surface area contributed by atoms with Crippen LogP contribution in [0.5, 0.6) is 0 Å². The Morgan fingerprint density at radius 1 is 1.42 bits per heavy atom. The summed E-state index contributed by atoms with van der Waals surface area (Å²) in [5.41, 5.74) is 1.53. The maximum Gasteiger partial charge on any atom is 0.146 e. The number of nitriles is 1. The third kappa shape index (κ3) is 3.31. The van der Waals surface area contributed by atoms with Gasteiger partial charge in [-0.3, -0.25) is 0 Å². The molecule has 6 heteroatoms. The highest BCUT2D eigenvalue weighted by molar-refractivity contribution is 6.31. The molecule has 0 aliphatic carbocycles. The monoisotopic (exact) mass is 275 g/mol. The lowest BCUT2D eigenvalue weighted by atomic mass is 10.1. The van der Waals surface area contributed by atoms with E-state index in [9.17, 15) is 0 Å². The summed E-state index contributed by atoms with van der Waals surface area (Å²) in [7, 11) is 0. The highest BCUT2D eigenvalue weighted by Crippen LogP contribution is 2.17. The van der Waals surface area contributed by atoms with Gasteiger partial charge in [-0.1, -0.05) is 17.7 Å². The average Bonchev–Trinajstić information content (AvgIpc) is 2.88. The molecule has 1 aromatic heterocycles. The van der Waals surface area contributed by atoms with Gasteiger partial charge in [-0.15, -0.1) is 10.2 Å². The fourth-order valence-corrected chi connectivity index (χ4v) is 2.00. The summed E-state index contributed by atoms with van der Waals surface area (Å²) in [6.45, 7) is 4.15. The summed E-state index contributed by atoms with van der Waals surface area (Å²) in [5, 5.41) is 20.5. The molecule has 0 aliphatic heterocycles. The predicted octanol–water partition coefficient (Wildman–Crippen LogP) is 2.11. The number of halogens is 1. The van der Waals surface area contributed by atoms with Crippen LogP contribution in [0.1, 0.15) is 23.9 Å². The Morgan fingerprint density at radius 2 is 2.26 bits per heavy atom. The molecule has 1 heterocycles. The Balaban J connectivity index is 1.95. The van der Waals surface area contributed by atoms with Gasteiger partial charge in [0.25, 0.3) is 0 Å². The van der Waals surface area contributed by atoms with Crippen molar-refractivity contribution in [3.05, 3.63) is 46.5 Å². The van der Waals surface area contributed by atoms with E-state index >= 15 is 0 Å². The molecule has 1 aromatic carbocycles. The van der Waals surface area contributed by atoms with Crippen LogP contribution < -0.4 is 5.32 Å². The van der Waals surface area contributed by atoms with E-state index in [2.05, 4.69) is 21.6 Å². The van der Waals surface area contributed by atoms with Crippen LogP contribution in [0.25, 0.3) is 0 Å². The van der Waals surface area contributed by atoms with Crippen molar-refractivity contribution < 1.29 is 0 Å². The van der Waals surface area contributed by atoms with E-state index in [0.29, 0.717) is 23.7 Å². The quantitative estimate of drug-likeness (QED) is 0.908. The SMILES string of the molecule is CCn1cnnc1CNCc1ccc(C#N)cc1Cl. The van der Waals surface area contributed by atoms with Gasteiger partial charge in [0.2, 0.25) is 0 Å². The van der Waals surface area contributed by atoms with Crippen LogP contribution in [0, 0.1) is 11.3 Å². The summed E-state index contributed by atoms with van der Waals surface area (Å²) >= 11 is 6.10. The second kappa shape index (κ2) is 6.32. The van der Waals surface area contributed by atoms with Crippen LogP contribution in [0.3, 0.4) is 0 Å². The standard InChI is InChI=1S/C13H14ClN5/c1-2-19-9-17-18-13(19)8-16-7-11-4-3-10(6-15)5-12(11)14/h3-5,9,16H,2,7-8H2,1H3. The van der Waals surface area contributed by atoms with Gasteiger partial charge in [0.1, 0.15) is 12.2 Å². The van der Waals surface area contributed by atoms with E-state index < -0.39 is 0 Å². The van der Waals surface area contributed by atoms with E-state index in [1.807, 2.05) is 17.6 Å². The Bertz CT molecular complexity index is 599. The van der Waals surface area contributed by atoms with E-state index in [4.69, 9.17) is 16.9 Å². The molecule has 0 bridgehead atoms. The number of aromatic nitrogens is 3. The minimum Gasteiger partial charge on any atom is -0.317 e. The lowest BCUT2D eigenvalue weighted by molar-refractivity contribution is 0.612. The van der Waals surface area contributed by atoms with Gasteiger partial charge in [0.15, 0.2) is 0 Å². The van der Waals surface area contributed by atoms with E-state index in [1.54, 1.807) is 18.5 Å². The summed E-state index contributed by atoms with van der Waals surface area (Å²) < 4.78 is 1.98. The molecule has 0 radical (unpaired) electrons. The van der Waals surface area contributed by atoms with Crippen LogP contribution in [-0.2, 0) is 19.6 Å². The lowest BCUT2D eigenvalue weighted by Gasteiger charge is -2.07. The maximum absolute atomic E-state index is 8.77. The smallest absolute Gasteiger partial charge is 0.146 e. The Labute approximate surface area is 116 Å². The van der Waals surface area contributed by atoms with Crippen molar-refractivity contribution in [3.8, 4) is 6.07 Å². The molecule has 2 rings (SSSR count). The minimum absolute atomic E-state index is 0.569. The molecule has 0 unspecified atom stereocenters. The molecule has 0 amide bonds. The van der Waals surface area contributed by atoms with Crippen molar-refractivity contribution in [3.63, 3.8) is 0 Å². The van der Waals surface area contributed by atoms with Gasteiger partial charge < -0.3 is 9.88 Å². The summed E-state index contributed by atoms with van der Waals surface area (Å²) in [4.78, 5) is 0. The molecular formula is C13H14ClN5. The maximum atomic E-state index is 8.77. The first-order valence-corrected chi connectivity index (χ1v) is 6.38. The number of nitrogens with zero attached hydrogens (tertiary/aromatic N) is 4. The first kappa shape index (κ1) is 13.5. The van der Waals surface area contributed by atoms with Gasteiger partial charge in [-0.2, -0.15) is 5.26 Å². The largest absolute Gasteiger partial charge is 0.317 e. The summed E-state index contributed by atoms with van der Waals surface area (Å²) in [6.07, 6.45) is 1.71. The number of aryl methyl sites for hydroxylation is 1. The Hall–Kier alpha value is -1.90. The third-order valence-corrected chi connectivity index (χ3v) is 3.17. The average molecular weight is 276 g/mol.